The fourth-order valence-corrected chi connectivity index (χ4v) is 4.68. The number of carbonyl (C=O) groups excluding carboxylic acids is 2. The van der Waals surface area contributed by atoms with Crippen molar-refractivity contribution in [2.24, 2.45) is 0 Å². The highest BCUT2D eigenvalue weighted by atomic mass is 79.9. The molecule has 2 aromatic rings. The first-order chi connectivity index (χ1) is 15.8. The van der Waals surface area contributed by atoms with E-state index in [9.17, 15) is 18.0 Å². The molecule has 0 aromatic heterocycles. The number of benzene rings is 2. The van der Waals surface area contributed by atoms with E-state index in [0.717, 1.165) is 17.0 Å². The van der Waals surface area contributed by atoms with Crippen LogP contribution in [0.5, 0.6) is 0 Å². The molecule has 0 heterocycles. The van der Waals surface area contributed by atoms with Crippen LogP contribution < -0.4 is 9.62 Å². The van der Waals surface area contributed by atoms with Crippen LogP contribution in [-0.2, 0) is 26.2 Å². The van der Waals surface area contributed by atoms with Crippen LogP contribution in [0.3, 0.4) is 0 Å². The van der Waals surface area contributed by atoms with Gasteiger partial charge in [-0.25, -0.2) is 8.42 Å². The van der Waals surface area contributed by atoms with Crippen molar-refractivity contribution in [1.29, 1.82) is 0 Å². The van der Waals surface area contributed by atoms with Gasteiger partial charge in [0.1, 0.15) is 12.6 Å². The Morgan fingerprint density at radius 2 is 1.76 bits per heavy atom. The summed E-state index contributed by atoms with van der Waals surface area (Å²) in [5.74, 6) is -0.876. The van der Waals surface area contributed by atoms with Gasteiger partial charge in [-0.2, -0.15) is 0 Å². The van der Waals surface area contributed by atoms with E-state index in [2.05, 4.69) is 21.2 Å². The lowest BCUT2D eigenvalue weighted by atomic mass is 10.1. The third-order valence-electron chi connectivity index (χ3n) is 5.28. The van der Waals surface area contributed by atoms with Gasteiger partial charge in [0.15, 0.2) is 0 Å². The van der Waals surface area contributed by atoms with Gasteiger partial charge < -0.3 is 10.2 Å². The standard InChI is InChI=1S/C23H28BrCl2N3O4S/c1-5-15(2)27-23(31)16(3)28(13-17-9-10-20(25)21(26)11-17)22(30)14-29(34(4,32)33)19-8-6-7-18(24)12-19/h6-12,15-16H,5,13-14H2,1-4H3,(H,27,31)/t15-,16-/m1/s1. The summed E-state index contributed by atoms with van der Waals surface area (Å²) in [5.41, 5.74) is 0.982. The molecular weight excluding hydrogens is 565 g/mol. The lowest BCUT2D eigenvalue weighted by molar-refractivity contribution is -0.139. The summed E-state index contributed by atoms with van der Waals surface area (Å²) in [4.78, 5) is 27.7. The molecule has 2 aromatic carbocycles. The van der Waals surface area contributed by atoms with Crippen molar-refractivity contribution in [1.82, 2.24) is 10.2 Å². The minimum absolute atomic E-state index is 0.0426. The summed E-state index contributed by atoms with van der Waals surface area (Å²) in [7, 11) is -3.79. The number of hydrogen-bond donors (Lipinski definition) is 1. The van der Waals surface area contributed by atoms with Gasteiger partial charge in [0, 0.05) is 17.1 Å². The van der Waals surface area contributed by atoms with Crippen molar-refractivity contribution >= 4 is 66.7 Å². The Morgan fingerprint density at radius 3 is 2.32 bits per heavy atom. The zero-order valence-corrected chi connectivity index (χ0v) is 23.3. The van der Waals surface area contributed by atoms with Gasteiger partial charge in [-0.1, -0.05) is 58.2 Å². The van der Waals surface area contributed by atoms with Crippen molar-refractivity contribution in [3.8, 4) is 0 Å². The molecule has 2 amide bonds. The highest BCUT2D eigenvalue weighted by Gasteiger charge is 2.30. The van der Waals surface area contributed by atoms with Crippen molar-refractivity contribution in [2.75, 3.05) is 17.1 Å². The molecule has 0 fully saturated rings. The molecular formula is C23H28BrCl2N3O4S. The Balaban J connectivity index is 2.41. The molecule has 0 bridgehead atoms. The highest BCUT2D eigenvalue weighted by molar-refractivity contribution is 9.10. The van der Waals surface area contributed by atoms with Crippen molar-refractivity contribution in [2.45, 2.75) is 45.8 Å². The van der Waals surface area contributed by atoms with E-state index in [4.69, 9.17) is 23.2 Å². The summed E-state index contributed by atoms with van der Waals surface area (Å²) in [6.07, 6.45) is 1.76. The molecule has 34 heavy (non-hydrogen) atoms. The lowest BCUT2D eigenvalue weighted by Gasteiger charge is -2.32. The van der Waals surface area contributed by atoms with Gasteiger partial charge in [0.2, 0.25) is 21.8 Å². The Labute approximate surface area is 219 Å². The van der Waals surface area contributed by atoms with E-state index < -0.39 is 28.5 Å². The zero-order valence-electron chi connectivity index (χ0n) is 19.4. The summed E-state index contributed by atoms with van der Waals surface area (Å²) >= 11 is 15.5. The first-order valence-corrected chi connectivity index (χ1v) is 14.0. The van der Waals surface area contributed by atoms with Crippen LogP contribution in [0.4, 0.5) is 5.69 Å². The molecule has 2 atom stereocenters. The maximum absolute atomic E-state index is 13.5. The number of anilines is 1. The predicted octanol–water partition coefficient (Wildman–Crippen LogP) is 4.85. The molecule has 0 aliphatic rings. The van der Waals surface area contributed by atoms with Crippen LogP contribution in [0.25, 0.3) is 0 Å². The number of halogens is 3. The van der Waals surface area contributed by atoms with E-state index >= 15 is 0 Å². The number of nitrogens with one attached hydrogen (secondary N) is 1. The average molecular weight is 593 g/mol. The van der Waals surface area contributed by atoms with Gasteiger partial charge in [-0.05, 0) is 56.2 Å². The van der Waals surface area contributed by atoms with E-state index in [1.54, 1.807) is 49.4 Å². The lowest BCUT2D eigenvalue weighted by Crippen LogP contribution is -2.52. The monoisotopic (exact) mass is 591 g/mol. The molecule has 0 unspecified atom stereocenters. The Bertz CT molecular complexity index is 1150. The summed E-state index contributed by atoms with van der Waals surface area (Å²) in [6, 6.07) is 10.6. The number of hydrogen-bond acceptors (Lipinski definition) is 4. The van der Waals surface area contributed by atoms with Gasteiger partial charge >= 0.3 is 0 Å². The Kier molecular flexibility index (Phi) is 10.2. The van der Waals surface area contributed by atoms with Crippen molar-refractivity contribution in [3.05, 3.63) is 62.5 Å². The second kappa shape index (κ2) is 12.2. The zero-order chi connectivity index (χ0) is 25.6. The highest BCUT2D eigenvalue weighted by Crippen LogP contribution is 2.25. The molecule has 0 saturated heterocycles. The molecule has 0 saturated carbocycles. The first-order valence-electron chi connectivity index (χ1n) is 10.6. The molecule has 2 rings (SSSR count). The third-order valence-corrected chi connectivity index (χ3v) is 7.65. The maximum Gasteiger partial charge on any atom is 0.244 e. The number of nitrogens with zero attached hydrogens (tertiary/aromatic N) is 2. The predicted molar refractivity (Wildman–Crippen MR) is 141 cm³/mol. The molecule has 7 nitrogen and oxygen atoms in total. The molecule has 0 aliphatic carbocycles. The minimum atomic E-state index is -3.79. The number of carbonyl (C=O) groups is 2. The van der Waals surface area contributed by atoms with E-state index in [1.165, 1.54) is 4.90 Å². The normalized spacial score (nSPS) is 13.1. The molecule has 0 spiro atoms. The van der Waals surface area contributed by atoms with Crippen molar-refractivity contribution < 1.29 is 18.0 Å². The van der Waals surface area contributed by atoms with E-state index in [-0.39, 0.29) is 18.5 Å². The molecule has 186 valence electrons. The van der Waals surface area contributed by atoms with Crippen LogP contribution in [-0.4, -0.2) is 50.0 Å². The van der Waals surface area contributed by atoms with Gasteiger partial charge in [-0.3, -0.25) is 13.9 Å². The topological polar surface area (TPSA) is 86.8 Å². The van der Waals surface area contributed by atoms with Crippen LogP contribution in [0, 0.1) is 0 Å². The van der Waals surface area contributed by atoms with Crippen LogP contribution in [0.1, 0.15) is 32.8 Å². The van der Waals surface area contributed by atoms with Crippen LogP contribution >= 0.6 is 39.1 Å². The summed E-state index contributed by atoms with van der Waals surface area (Å²) in [5, 5.41) is 3.56. The maximum atomic E-state index is 13.5. The average Bonchev–Trinajstić information content (AvgIpc) is 2.76. The van der Waals surface area contributed by atoms with Gasteiger partial charge in [0.25, 0.3) is 0 Å². The third kappa shape index (κ3) is 7.86. The second-order valence-electron chi connectivity index (χ2n) is 8.01. The number of sulfonamides is 1. The van der Waals surface area contributed by atoms with Gasteiger partial charge in [0.05, 0.1) is 22.0 Å². The fourth-order valence-electron chi connectivity index (χ4n) is 3.13. The number of rotatable bonds is 10. The number of amides is 2. The molecule has 1 N–H and O–H groups in total. The second-order valence-corrected chi connectivity index (χ2v) is 11.7. The Morgan fingerprint density at radius 1 is 1.09 bits per heavy atom. The first kappa shape index (κ1) is 28.4. The fraction of sp³-hybridized carbons (Fsp3) is 0.391. The molecule has 0 aliphatic heterocycles. The molecule has 0 radical (unpaired) electrons. The van der Waals surface area contributed by atoms with Crippen LogP contribution in [0.15, 0.2) is 46.9 Å². The summed E-state index contributed by atoms with van der Waals surface area (Å²) < 4.78 is 26.8. The summed E-state index contributed by atoms with van der Waals surface area (Å²) in [6.45, 7) is 4.99. The SMILES string of the molecule is CC[C@@H](C)NC(=O)[C@@H](C)N(Cc1ccc(Cl)c(Cl)c1)C(=O)CN(c1cccc(Br)c1)S(C)(=O)=O. The molecule has 11 heteroatoms. The minimum Gasteiger partial charge on any atom is -0.352 e. The van der Waals surface area contributed by atoms with E-state index in [0.29, 0.717) is 25.8 Å². The van der Waals surface area contributed by atoms with Gasteiger partial charge in [-0.15, -0.1) is 0 Å². The Hall–Kier alpha value is -1.81. The van der Waals surface area contributed by atoms with E-state index in [1.807, 2.05) is 13.8 Å². The van der Waals surface area contributed by atoms with Crippen molar-refractivity contribution in [3.63, 3.8) is 0 Å². The van der Waals surface area contributed by atoms with Crippen LogP contribution in [0.2, 0.25) is 10.0 Å². The smallest absolute Gasteiger partial charge is 0.244 e. The largest absolute Gasteiger partial charge is 0.352 e. The quantitative estimate of drug-likeness (QED) is 0.427.